The molecule has 6 heteroatoms. The van der Waals surface area contributed by atoms with Crippen molar-refractivity contribution in [3.05, 3.63) is 41.5 Å². The molecule has 0 atom stereocenters. The first kappa shape index (κ1) is 14.4. The molecule has 1 fully saturated rings. The number of para-hydroxylation sites is 1. The van der Waals surface area contributed by atoms with E-state index in [1.807, 2.05) is 18.2 Å². The third kappa shape index (κ3) is 2.53. The van der Waals surface area contributed by atoms with Crippen molar-refractivity contribution in [1.82, 2.24) is 10.1 Å². The largest absolute Gasteiger partial charge is 0.337 e. The van der Waals surface area contributed by atoms with E-state index in [-0.39, 0.29) is 5.91 Å². The van der Waals surface area contributed by atoms with Crippen LogP contribution < -0.4 is 10.6 Å². The maximum absolute atomic E-state index is 12.5. The zero-order valence-corrected chi connectivity index (χ0v) is 13.0. The molecule has 1 aromatic heterocycles. The van der Waals surface area contributed by atoms with Gasteiger partial charge >= 0.3 is 0 Å². The van der Waals surface area contributed by atoms with Gasteiger partial charge in [0.25, 0.3) is 0 Å². The van der Waals surface area contributed by atoms with Crippen LogP contribution in [0.4, 0.5) is 5.69 Å². The number of carbonyl (C=O) groups excluding carboxylic acids is 1. The normalized spacial score (nSPS) is 19.9. The summed E-state index contributed by atoms with van der Waals surface area (Å²) in [6.07, 6.45) is 5.19. The van der Waals surface area contributed by atoms with Gasteiger partial charge in [0, 0.05) is 12.1 Å². The Labute approximate surface area is 134 Å². The highest BCUT2D eigenvalue weighted by Crippen LogP contribution is 2.37. The molecule has 1 aliphatic carbocycles. The molecule has 0 unspecified atom stereocenters. The Morgan fingerprint density at radius 3 is 2.83 bits per heavy atom. The SMILES string of the molecule is NC1(c2noc(CN3C(=O)CCCc4ccccc43)n2)CCC1. The van der Waals surface area contributed by atoms with E-state index < -0.39 is 5.54 Å². The van der Waals surface area contributed by atoms with Gasteiger partial charge in [-0.1, -0.05) is 23.4 Å². The Bertz CT molecular complexity index is 736. The van der Waals surface area contributed by atoms with Crippen molar-refractivity contribution in [2.75, 3.05) is 4.90 Å². The average molecular weight is 312 g/mol. The number of amides is 1. The Kier molecular flexibility index (Phi) is 3.41. The zero-order valence-electron chi connectivity index (χ0n) is 13.0. The molecular weight excluding hydrogens is 292 g/mol. The van der Waals surface area contributed by atoms with Gasteiger partial charge in [-0.05, 0) is 43.7 Å². The Hall–Kier alpha value is -2.21. The maximum atomic E-state index is 12.5. The molecule has 4 rings (SSSR count). The summed E-state index contributed by atoms with van der Waals surface area (Å²) in [5.74, 6) is 1.11. The molecule has 0 saturated heterocycles. The van der Waals surface area contributed by atoms with E-state index in [1.54, 1.807) is 4.90 Å². The summed E-state index contributed by atoms with van der Waals surface area (Å²) in [6.45, 7) is 0.304. The lowest BCUT2D eigenvalue weighted by molar-refractivity contribution is -0.118. The number of nitrogens with zero attached hydrogens (tertiary/aromatic N) is 3. The molecule has 2 aliphatic rings. The van der Waals surface area contributed by atoms with E-state index in [2.05, 4.69) is 16.2 Å². The lowest BCUT2D eigenvalue weighted by Gasteiger charge is -2.34. The van der Waals surface area contributed by atoms with Crippen LogP contribution in [0, 0.1) is 0 Å². The van der Waals surface area contributed by atoms with E-state index in [1.165, 1.54) is 5.56 Å². The fourth-order valence-electron chi connectivity index (χ4n) is 3.30. The predicted octanol–water partition coefficient (Wildman–Crippen LogP) is 2.28. The fraction of sp³-hybridized carbons (Fsp3) is 0.471. The smallest absolute Gasteiger partial charge is 0.246 e. The molecule has 1 aromatic carbocycles. The van der Waals surface area contributed by atoms with Gasteiger partial charge in [-0.15, -0.1) is 0 Å². The van der Waals surface area contributed by atoms with E-state index in [9.17, 15) is 4.79 Å². The molecule has 6 nitrogen and oxygen atoms in total. The average Bonchev–Trinajstić information content (AvgIpc) is 2.93. The molecule has 120 valence electrons. The summed E-state index contributed by atoms with van der Waals surface area (Å²) in [5.41, 5.74) is 7.92. The Morgan fingerprint density at radius 2 is 2.04 bits per heavy atom. The van der Waals surface area contributed by atoms with Crippen LogP contribution >= 0.6 is 0 Å². The number of fused-ring (bicyclic) bond motifs is 1. The van der Waals surface area contributed by atoms with Crippen LogP contribution in [0.25, 0.3) is 0 Å². The van der Waals surface area contributed by atoms with Gasteiger partial charge in [0.1, 0.15) is 6.54 Å². The maximum Gasteiger partial charge on any atom is 0.246 e. The number of anilines is 1. The molecule has 0 radical (unpaired) electrons. The summed E-state index contributed by atoms with van der Waals surface area (Å²) < 4.78 is 5.36. The second-order valence-corrected chi connectivity index (χ2v) is 6.48. The van der Waals surface area contributed by atoms with Crippen molar-refractivity contribution in [1.29, 1.82) is 0 Å². The van der Waals surface area contributed by atoms with Crippen LogP contribution in [0.2, 0.25) is 0 Å². The van der Waals surface area contributed by atoms with Gasteiger partial charge in [0.15, 0.2) is 5.82 Å². The molecule has 2 N–H and O–H groups in total. The van der Waals surface area contributed by atoms with E-state index in [4.69, 9.17) is 10.3 Å². The van der Waals surface area contributed by atoms with Crippen molar-refractivity contribution in [2.24, 2.45) is 5.73 Å². The fourth-order valence-corrected chi connectivity index (χ4v) is 3.30. The van der Waals surface area contributed by atoms with Gasteiger partial charge in [-0.25, -0.2) is 0 Å². The molecule has 0 spiro atoms. The number of rotatable bonds is 3. The van der Waals surface area contributed by atoms with Gasteiger partial charge < -0.3 is 15.2 Å². The Balaban J connectivity index is 1.61. The van der Waals surface area contributed by atoms with Crippen LogP contribution in [0.3, 0.4) is 0 Å². The lowest BCUT2D eigenvalue weighted by Crippen LogP contribution is -2.44. The van der Waals surface area contributed by atoms with Crippen LogP contribution in [-0.2, 0) is 23.3 Å². The molecule has 1 aliphatic heterocycles. The van der Waals surface area contributed by atoms with Gasteiger partial charge in [-0.2, -0.15) is 4.98 Å². The van der Waals surface area contributed by atoms with Gasteiger partial charge in [0.2, 0.25) is 11.8 Å². The first-order chi connectivity index (χ1) is 11.2. The van der Waals surface area contributed by atoms with Crippen molar-refractivity contribution >= 4 is 11.6 Å². The van der Waals surface area contributed by atoms with E-state index in [0.29, 0.717) is 24.7 Å². The predicted molar refractivity (Wildman–Crippen MR) is 84.6 cm³/mol. The number of aromatic nitrogens is 2. The molecule has 1 amide bonds. The first-order valence-electron chi connectivity index (χ1n) is 8.16. The van der Waals surface area contributed by atoms with Crippen LogP contribution in [0.1, 0.15) is 49.4 Å². The minimum absolute atomic E-state index is 0.0980. The van der Waals surface area contributed by atoms with E-state index in [0.717, 1.165) is 37.8 Å². The minimum Gasteiger partial charge on any atom is -0.337 e. The summed E-state index contributed by atoms with van der Waals surface area (Å²) in [4.78, 5) is 18.7. The third-order valence-electron chi connectivity index (χ3n) is 4.87. The van der Waals surface area contributed by atoms with Crippen LogP contribution in [0.15, 0.2) is 28.8 Å². The topological polar surface area (TPSA) is 85.2 Å². The number of aryl methyl sites for hydroxylation is 1. The van der Waals surface area contributed by atoms with Gasteiger partial charge in [0.05, 0.1) is 5.54 Å². The number of benzene rings is 1. The first-order valence-corrected chi connectivity index (χ1v) is 8.16. The standard InChI is InChI=1S/C17H20N4O2/c18-17(9-4-10-17)16-19-14(23-20-16)11-21-13-7-2-1-5-12(13)6-3-8-15(21)22/h1-2,5,7H,3-4,6,8-11,18H2. The quantitative estimate of drug-likeness (QED) is 0.939. The molecule has 23 heavy (non-hydrogen) atoms. The summed E-state index contributed by atoms with van der Waals surface area (Å²) >= 11 is 0. The molecular formula is C17H20N4O2. The monoisotopic (exact) mass is 312 g/mol. The number of hydrogen-bond acceptors (Lipinski definition) is 5. The third-order valence-corrected chi connectivity index (χ3v) is 4.87. The Morgan fingerprint density at radius 1 is 1.22 bits per heavy atom. The summed E-state index contributed by atoms with van der Waals surface area (Å²) in [6, 6.07) is 8.01. The van der Waals surface area contributed by atoms with Crippen LogP contribution in [0.5, 0.6) is 0 Å². The summed E-state index contributed by atoms with van der Waals surface area (Å²) in [5, 5.41) is 4.03. The second kappa shape index (κ2) is 5.45. The zero-order chi connectivity index (χ0) is 15.9. The van der Waals surface area contributed by atoms with Crippen molar-refractivity contribution in [3.63, 3.8) is 0 Å². The van der Waals surface area contributed by atoms with Crippen molar-refractivity contribution in [3.8, 4) is 0 Å². The molecule has 0 bridgehead atoms. The van der Waals surface area contributed by atoms with Gasteiger partial charge in [-0.3, -0.25) is 4.79 Å². The molecule has 1 saturated carbocycles. The van der Waals surface area contributed by atoms with Crippen LogP contribution in [-0.4, -0.2) is 16.0 Å². The highest BCUT2D eigenvalue weighted by atomic mass is 16.5. The second-order valence-electron chi connectivity index (χ2n) is 6.48. The molecule has 2 aromatic rings. The highest BCUT2D eigenvalue weighted by Gasteiger charge is 2.39. The summed E-state index contributed by atoms with van der Waals surface area (Å²) in [7, 11) is 0. The number of nitrogens with two attached hydrogens (primary N) is 1. The highest BCUT2D eigenvalue weighted by molar-refractivity contribution is 5.94. The minimum atomic E-state index is -0.442. The molecule has 2 heterocycles. The van der Waals surface area contributed by atoms with Crippen molar-refractivity contribution in [2.45, 2.75) is 50.6 Å². The van der Waals surface area contributed by atoms with Crippen molar-refractivity contribution < 1.29 is 9.32 Å². The number of hydrogen-bond donors (Lipinski definition) is 1. The lowest BCUT2D eigenvalue weighted by atomic mass is 9.77. The number of carbonyl (C=O) groups is 1. The van der Waals surface area contributed by atoms with E-state index >= 15 is 0 Å².